The molecule has 1 unspecified atom stereocenters. The first-order valence-corrected chi connectivity index (χ1v) is 6.14. The lowest BCUT2D eigenvalue weighted by atomic mass is 10.2. The molecular formula is C12H20N4O. The highest BCUT2D eigenvalue weighted by atomic mass is 16.3. The van der Waals surface area contributed by atoms with Crippen LogP contribution in [0.3, 0.4) is 0 Å². The summed E-state index contributed by atoms with van der Waals surface area (Å²) in [4.78, 5) is 8.96. The number of nitrogens with one attached hydrogen (secondary N) is 2. The number of hydrogen-bond donors (Lipinski definition) is 3. The van der Waals surface area contributed by atoms with Crippen molar-refractivity contribution in [3.05, 3.63) is 11.9 Å². The predicted molar refractivity (Wildman–Crippen MR) is 68.3 cm³/mol. The van der Waals surface area contributed by atoms with Crippen LogP contribution in [0.5, 0.6) is 0 Å². The largest absolute Gasteiger partial charge is 0.396 e. The number of aliphatic hydroxyl groups is 1. The van der Waals surface area contributed by atoms with Crippen molar-refractivity contribution in [2.45, 2.75) is 25.7 Å². The van der Waals surface area contributed by atoms with Crippen LogP contribution < -0.4 is 10.6 Å². The molecule has 5 nitrogen and oxygen atoms in total. The van der Waals surface area contributed by atoms with Crippen LogP contribution >= 0.6 is 0 Å². The molecule has 94 valence electrons. The van der Waals surface area contributed by atoms with Gasteiger partial charge in [-0.3, -0.25) is 0 Å². The number of aliphatic hydroxyl groups excluding tert-OH is 1. The molecule has 1 heterocycles. The average Bonchev–Trinajstić information content (AvgIpc) is 3.19. The van der Waals surface area contributed by atoms with E-state index in [1.165, 1.54) is 12.8 Å². The molecular weight excluding hydrogens is 216 g/mol. The topological polar surface area (TPSA) is 70.1 Å². The van der Waals surface area contributed by atoms with Crippen LogP contribution in [0.4, 0.5) is 11.6 Å². The minimum absolute atomic E-state index is 0.187. The standard InChI is InChI=1S/C12H20N4O/c1-8(7-17)6-14-11-5-10(13-2)15-12(16-11)9-3-4-9/h5,8-9,17H,3-4,6-7H2,1-2H3,(H2,13,14,15,16). The molecule has 0 aromatic carbocycles. The van der Waals surface area contributed by atoms with Crippen molar-refractivity contribution >= 4 is 11.6 Å². The van der Waals surface area contributed by atoms with Gasteiger partial charge in [0.25, 0.3) is 0 Å². The van der Waals surface area contributed by atoms with Crippen molar-refractivity contribution in [3.8, 4) is 0 Å². The number of rotatable bonds is 6. The maximum absolute atomic E-state index is 8.98. The van der Waals surface area contributed by atoms with Crippen LogP contribution in [-0.4, -0.2) is 35.3 Å². The van der Waals surface area contributed by atoms with Gasteiger partial charge in [0, 0.05) is 32.2 Å². The molecule has 0 amide bonds. The Bertz CT molecular complexity index is 379. The van der Waals surface area contributed by atoms with Gasteiger partial charge in [-0.15, -0.1) is 0 Å². The third kappa shape index (κ3) is 3.30. The summed E-state index contributed by atoms with van der Waals surface area (Å²) in [5.41, 5.74) is 0. The Morgan fingerprint density at radius 3 is 2.71 bits per heavy atom. The van der Waals surface area contributed by atoms with Crippen LogP contribution in [0.25, 0.3) is 0 Å². The molecule has 1 aliphatic carbocycles. The maximum Gasteiger partial charge on any atom is 0.136 e. The van der Waals surface area contributed by atoms with E-state index in [1.807, 2.05) is 20.0 Å². The second kappa shape index (κ2) is 5.31. The minimum atomic E-state index is 0.187. The summed E-state index contributed by atoms with van der Waals surface area (Å²) in [5.74, 6) is 3.38. The van der Waals surface area contributed by atoms with E-state index in [0.717, 1.165) is 24.0 Å². The lowest BCUT2D eigenvalue weighted by molar-refractivity contribution is 0.244. The summed E-state index contributed by atoms with van der Waals surface area (Å²) in [6.45, 7) is 2.90. The van der Waals surface area contributed by atoms with Crippen molar-refractivity contribution in [2.75, 3.05) is 30.8 Å². The van der Waals surface area contributed by atoms with Crippen LogP contribution in [0.15, 0.2) is 6.07 Å². The second-order valence-electron chi connectivity index (χ2n) is 4.69. The van der Waals surface area contributed by atoms with Crippen LogP contribution in [0.2, 0.25) is 0 Å². The van der Waals surface area contributed by atoms with Gasteiger partial charge in [-0.25, -0.2) is 9.97 Å². The molecule has 0 saturated heterocycles. The number of anilines is 2. The zero-order valence-corrected chi connectivity index (χ0v) is 10.4. The van der Waals surface area contributed by atoms with E-state index >= 15 is 0 Å². The molecule has 5 heteroatoms. The Balaban J connectivity index is 2.06. The van der Waals surface area contributed by atoms with Crippen molar-refractivity contribution in [2.24, 2.45) is 5.92 Å². The Hall–Kier alpha value is -1.36. The zero-order valence-electron chi connectivity index (χ0n) is 10.4. The van der Waals surface area contributed by atoms with E-state index in [1.54, 1.807) is 0 Å². The first-order valence-electron chi connectivity index (χ1n) is 6.14. The molecule has 0 aliphatic heterocycles. The quantitative estimate of drug-likeness (QED) is 0.697. The van der Waals surface area contributed by atoms with Crippen LogP contribution in [-0.2, 0) is 0 Å². The van der Waals surface area contributed by atoms with Crippen LogP contribution in [0, 0.1) is 5.92 Å². The van der Waals surface area contributed by atoms with Gasteiger partial charge in [-0.2, -0.15) is 0 Å². The highest BCUT2D eigenvalue weighted by molar-refractivity contribution is 5.47. The van der Waals surface area contributed by atoms with Crippen molar-refractivity contribution in [1.29, 1.82) is 0 Å². The van der Waals surface area contributed by atoms with E-state index in [4.69, 9.17) is 5.11 Å². The van der Waals surface area contributed by atoms with Crippen LogP contribution in [0.1, 0.15) is 31.5 Å². The molecule has 0 radical (unpaired) electrons. The van der Waals surface area contributed by atoms with E-state index in [9.17, 15) is 0 Å². The fourth-order valence-corrected chi connectivity index (χ4v) is 1.55. The summed E-state index contributed by atoms with van der Waals surface area (Å²) in [5, 5.41) is 15.3. The molecule has 2 rings (SSSR count). The van der Waals surface area contributed by atoms with Crippen molar-refractivity contribution in [3.63, 3.8) is 0 Å². The van der Waals surface area contributed by atoms with Gasteiger partial charge in [0.05, 0.1) is 0 Å². The monoisotopic (exact) mass is 236 g/mol. The third-order valence-corrected chi connectivity index (χ3v) is 2.89. The molecule has 1 atom stereocenters. The van der Waals surface area contributed by atoms with Gasteiger partial charge in [-0.05, 0) is 18.8 Å². The zero-order chi connectivity index (χ0) is 12.3. The molecule has 3 N–H and O–H groups in total. The first kappa shape index (κ1) is 12.1. The van der Waals surface area contributed by atoms with E-state index < -0.39 is 0 Å². The van der Waals surface area contributed by atoms with Gasteiger partial charge in [0.15, 0.2) is 0 Å². The summed E-state index contributed by atoms with van der Waals surface area (Å²) in [7, 11) is 1.86. The molecule has 1 aromatic heterocycles. The van der Waals surface area contributed by atoms with Gasteiger partial charge in [0.2, 0.25) is 0 Å². The smallest absolute Gasteiger partial charge is 0.136 e. The van der Waals surface area contributed by atoms with Crippen molar-refractivity contribution in [1.82, 2.24) is 9.97 Å². The fourth-order valence-electron chi connectivity index (χ4n) is 1.55. The summed E-state index contributed by atoms with van der Waals surface area (Å²) in [6, 6.07) is 1.90. The molecule has 0 spiro atoms. The number of nitrogens with zero attached hydrogens (tertiary/aromatic N) is 2. The number of hydrogen-bond acceptors (Lipinski definition) is 5. The lowest BCUT2D eigenvalue weighted by Crippen LogP contribution is -2.16. The Morgan fingerprint density at radius 2 is 2.12 bits per heavy atom. The molecule has 0 bridgehead atoms. The Morgan fingerprint density at radius 1 is 1.41 bits per heavy atom. The minimum Gasteiger partial charge on any atom is -0.396 e. The average molecular weight is 236 g/mol. The summed E-state index contributed by atoms with van der Waals surface area (Å²) in [6.07, 6.45) is 2.39. The fraction of sp³-hybridized carbons (Fsp3) is 0.667. The predicted octanol–water partition coefficient (Wildman–Crippen LogP) is 1.44. The van der Waals surface area contributed by atoms with E-state index in [2.05, 4.69) is 20.6 Å². The first-order chi connectivity index (χ1) is 8.22. The maximum atomic E-state index is 8.98. The van der Waals surface area contributed by atoms with Crippen molar-refractivity contribution < 1.29 is 5.11 Å². The summed E-state index contributed by atoms with van der Waals surface area (Å²) >= 11 is 0. The van der Waals surface area contributed by atoms with Gasteiger partial charge >= 0.3 is 0 Å². The van der Waals surface area contributed by atoms with Gasteiger partial charge < -0.3 is 15.7 Å². The van der Waals surface area contributed by atoms with Gasteiger partial charge in [0.1, 0.15) is 17.5 Å². The Kier molecular flexibility index (Phi) is 3.78. The summed E-state index contributed by atoms with van der Waals surface area (Å²) < 4.78 is 0. The van der Waals surface area contributed by atoms with E-state index in [-0.39, 0.29) is 12.5 Å². The Labute approximate surface area is 102 Å². The molecule has 1 aliphatic rings. The highest BCUT2D eigenvalue weighted by Crippen LogP contribution is 2.38. The second-order valence-corrected chi connectivity index (χ2v) is 4.69. The highest BCUT2D eigenvalue weighted by Gasteiger charge is 2.27. The van der Waals surface area contributed by atoms with Gasteiger partial charge in [-0.1, -0.05) is 6.92 Å². The number of aromatic nitrogens is 2. The molecule has 1 saturated carbocycles. The molecule has 1 fully saturated rings. The normalized spacial score (nSPS) is 16.6. The van der Waals surface area contributed by atoms with E-state index in [0.29, 0.717) is 5.92 Å². The molecule has 17 heavy (non-hydrogen) atoms. The molecule has 1 aromatic rings. The lowest BCUT2D eigenvalue weighted by Gasteiger charge is -2.12. The SMILES string of the molecule is CNc1cc(NCC(C)CO)nc(C2CC2)n1. The third-order valence-electron chi connectivity index (χ3n) is 2.89.